The minimum absolute atomic E-state index is 0.115. The molecule has 2 atom stereocenters. The summed E-state index contributed by atoms with van der Waals surface area (Å²) in [7, 11) is 0. The molecule has 2 heterocycles. The van der Waals surface area contributed by atoms with Gasteiger partial charge in [0, 0.05) is 50.6 Å². The maximum absolute atomic E-state index is 3.74. The molecule has 13 rings (SSSR count). The molecule has 1 fully saturated rings. The molecule has 5 nitrogen and oxygen atoms in total. The highest BCUT2D eigenvalue weighted by Gasteiger charge is 2.26. The van der Waals surface area contributed by atoms with Gasteiger partial charge >= 0.3 is 0 Å². The van der Waals surface area contributed by atoms with E-state index in [4.69, 9.17) is 0 Å². The third-order valence-corrected chi connectivity index (χ3v) is 15.2. The maximum Gasteiger partial charge on any atom is 0.0950 e. The Bertz CT molecular complexity index is 3570. The predicted molar refractivity (Wildman–Crippen MR) is 312 cm³/mol. The van der Waals surface area contributed by atoms with E-state index in [2.05, 4.69) is 310 Å². The van der Waals surface area contributed by atoms with Gasteiger partial charge in [-0.3, -0.25) is 5.32 Å². The number of anilines is 6. The van der Waals surface area contributed by atoms with Crippen LogP contribution < -0.4 is 19.8 Å². The van der Waals surface area contributed by atoms with Crippen LogP contribution >= 0.6 is 11.9 Å². The van der Waals surface area contributed by atoms with E-state index in [9.17, 15) is 0 Å². The molecule has 2 unspecified atom stereocenters. The number of para-hydroxylation sites is 4. The van der Waals surface area contributed by atoms with Gasteiger partial charge in [-0.25, -0.2) is 4.72 Å². The largest absolute Gasteiger partial charge is 0.311 e. The van der Waals surface area contributed by atoms with Gasteiger partial charge in [0.15, 0.2) is 0 Å². The zero-order chi connectivity index (χ0) is 49.2. The summed E-state index contributed by atoms with van der Waals surface area (Å²) in [6, 6.07) is 103. The Kier molecular flexibility index (Phi) is 12.1. The van der Waals surface area contributed by atoms with E-state index in [1.54, 1.807) is 11.9 Å². The molecule has 2 N–H and O–H groups in total. The maximum atomic E-state index is 3.74. The lowest BCUT2D eigenvalue weighted by atomic mass is 9.99. The first kappa shape index (κ1) is 45.0. The zero-order valence-corrected chi connectivity index (χ0v) is 41.4. The topological polar surface area (TPSA) is 35.5 Å². The van der Waals surface area contributed by atoms with Crippen LogP contribution in [0.1, 0.15) is 22.7 Å². The lowest BCUT2D eigenvalue weighted by Crippen LogP contribution is -2.21. The van der Waals surface area contributed by atoms with Crippen molar-refractivity contribution in [2.45, 2.75) is 11.5 Å². The second-order valence-electron chi connectivity index (χ2n) is 18.7. The summed E-state index contributed by atoms with van der Waals surface area (Å²) in [5.74, 6) is 0. The van der Waals surface area contributed by atoms with Gasteiger partial charge in [0.05, 0.1) is 22.6 Å². The quantitative estimate of drug-likeness (QED) is 0.119. The third-order valence-electron chi connectivity index (χ3n) is 14.2. The summed E-state index contributed by atoms with van der Waals surface area (Å²) in [5, 5.41) is 6.32. The molecule has 0 amide bonds. The van der Waals surface area contributed by atoms with Crippen LogP contribution in [0.5, 0.6) is 0 Å². The molecule has 1 saturated heterocycles. The number of rotatable bonds is 12. The first-order chi connectivity index (χ1) is 36.7. The van der Waals surface area contributed by atoms with Crippen LogP contribution in [0.3, 0.4) is 0 Å². The molecular formula is C68H51N5S. The van der Waals surface area contributed by atoms with Gasteiger partial charge < -0.3 is 14.4 Å². The van der Waals surface area contributed by atoms with Crippen molar-refractivity contribution in [2.24, 2.45) is 0 Å². The third kappa shape index (κ3) is 8.82. The second-order valence-corrected chi connectivity index (χ2v) is 19.6. The number of hydrogen-bond donors (Lipinski definition) is 2. The Morgan fingerprint density at radius 2 is 0.649 bits per heavy atom. The van der Waals surface area contributed by atoms with Gasteiger partial charge in [0.2, 0.25) is 0 Å². The normalized spacial score (nSPS) is 14.3. The molecule has 1 aliphatic heterocycles. The van der Waals surface area contributed by atoms with Crippen LogP contribution in [0.25, 0.3) is 60.9 Å². The van der Waals surface area contributed by atoms with E-state index in [1.165, 1.54) is 44.2 Å². The van der Waals surface area contributed by atoms with Crippen molar-refractivity contribution in [1.29, 1.82) is 0 Å². The average Bonchev–Trinajstić information content (AvgIpc) is 4.11. The Labute approximate surface area is 436 Å². The van der Waals surface area contributed by atoms with Gasteiger partial charge in [0.25, 0.3) is 0 Å². The van der Waals surface area contributed by atoms with Crippen molar-refractivity contribution in [2.75, 3.05) is 9.80 Å². The van der Waals surface area contributed by atoms with Crippen LogP contribution in [0.15, 0.2) is 285 Å². The minimum Gasteiger partial charge on any atom is -0.311 e. The fourth-order valence-electron chi connectivity index (χ4n) is 10.5. The van der Waals surface area contributed by atoms with Crippen molar-refractivity contribution in [3.05, 3.63) is 296 Å². The van der Waals surface area contributed by atoms with Crippen LogP contribution in [0.2, 0.25) is 0 Å². The molecule has 1 aromatic heterocycles. The molecule has 0 bridgehead atoms. The highest BCUT2D eigenvalue weighted by Crippen LogP contribution is 2.42. The van der Waals surface area contributed by atoms with Crippen LogP contribution in [-0.2, 0) is 0 Å². The molecule has 0 aliphatic carbocycles. The number of aromatic nitrogens is 1. The summed E-state index contributed by atoms with van der Waals surface area (Å²) < 4.78 is 5.99. The van der Waals surface area contributed by atoms with Crippen molar-refractivity contribution in [3.8, 4) is 39.1 Å². The second kappa shape index (κ2) is 19.9. The summed E-state index contributed by atoms with van der Waals surface area (Å²) in [6.07, 6.45) is 0.115. The first-order valence-electron chi connectivity index (χ1n) is 25.2. The summed E-state index contributed by atoms with van der Waals surface area (Å²) >= 11 is 1.73. The molecule has 354 valence electrons. The van der Waals surface area contributed by atoms with Crippen molar-refractivity contribution < 1.29 is 0 Å². The van der Waals surface area contributed by atoms with Crippen LogP contribution in [0, 0.1) is 0 Å². The molecule has 12 aromatic rings. The van der Waals surface area contributed by atoms with E-state index in [-0.39, 0.29) is 11.5 Å². The molecule has 6 heteroatoms. The molecule has 1 aliphatic rings. The smallest absolute Gasteiger partial charge is 0.0950 e. The highest BCUT2D eigenvalue weighted by atomic mass is 32.2. The molecule has 74 heavy (non-hydrogen) atoms. The van der Waals surface area contributed by atoms with E-state index in [1.807, 2.05) is 0 Å². The Morgan fingerprint density at radius 3 is 1.07 bits per heavy atom. The van der Waals surface area contributed by atoms with Gasteiger partial charge in [-0.15, -0.1) is 0 Å². The molecule has 0 saturated carbocycles. The number of benzene rings is 11. The molecular weight excluding hydrogens is 919 g/mol. The lowest BCUT2D eigenvalue weighted by Gasteiger charge is -2.25. The van der Waals surface area contributed by atoms with Crippen molar-refractivity contribution in [1.82, 2.24) is 14.6 Å². The van der Waals surface area contributed by atoms with Gasteiger partial charge in [-0.2, -0.15) is 0 Å². The average molecular weight is 970 g/mol. The van der Waals surface area contributed by atoms with E-state index < -0.39 is 0 Å². The summed E-state index contributed by atoms with van der Waals surface area (Å²) in [4.78, 5) is 4.61. The SMILES string of the molecule is c1ccc(C2NSC(c3ccc(-c4ccc(-n5c6ccc(-c7ccc(N(c8ccccc8)c8ccccc8)cc7)cc6c6cc(-c7ccc(N(c8ccccc8)c8ccccc8)cc7)ccc65)cc4)cc3)N2)cc1. The van der Waals surface area contributed by atoms with E-state index in [0.29, 0.717) is 0 Å². The Morgan fingerprint density at radius 1 is 0.311 bits per heavy atom. The van der Waals surface area contributed by atoms with E-state index in [0.717, 1.165) is 62.0 Å². The van der Waals surface area contributed by atoms with Crippen molar-refractivity contribution >= 4 is 67.9 Å². The fraction of sp³-hybridized carbons (Fsp3) is 0.0294. The van der Waals surface area contributed by atoms with Crippen molar-refractivity contribution in [3.63, 3.8) is 0 Å². The zero-order valence-electron chi connectivity index (χ0n) is 40.5. The summed E-state index contributed by atoms with van der Waals surface area (Å²) in [5.41, 5.74) is 19.7. The molecule has 0 radical (unpaired) electrons. The van der Waals surface area contributed by atoms with Crippen LogP contribution in [0.4, 0.5) is 34.1 Å². The fourth-order valence-corrected chi connectivity index (χ4v) is 11.4. The molecule has 0 spiro atoms. The number of nitrogens with one attached hydrogen (secondary N) is 2. The number of nitrogens with zero attached hydrogens (tertiary/aromatic N) is 3. The van der Waals surface area contributed by atoms with Gasteiger partial charge in [-0.05, 0) is 154 Å². The monoisotopic (exact) mass is 969 g/mol. The lowest BCUT2D eigenvalue weighted by molar-refractivity contribution is 0.554. The minimum atomic E-state index is 0.115. The Hall–Kier alpha value is -8.91. The Balaban J connectivity index is 0.855. The predicted octanol–water partition coefficient (Wildman–Crippen LogP) is 18.3. The van der Waals surface area contributed by atoms with Gasteiger partial charge in [0.1, 0.15) is 0 Å². The number of hydrogen-bond acceptors (Lipinski definition) is 5. The van der Waals surface area contributed by atoms with Gasteiger partial charge in [-0.1, -0.05) is 188 Å². The standard InChI is InChI=1S/C68H51N5S/c1-6-16-52(17-7-1)67-69-68(74-70-67)53-28-26-48(27-29-53)49-30-42-62(43-31-49)73-65-44-36-54(50-32-38-60(39-33-50)71(56-18-8-2-9-19-56)57-20-10-3-11-21-57)46-63(65)64-47-55(37-45-66(64)73)51-34-40-61(41-35-51)72(58-22-12-4-13-23-58)59-24-14-5-15-25-59/h1-47,67-70H. The summed E-state index contributed by atoms with van der Waals surface area (Å²) in [6.45, 7) is 0. The first-order valence-corrected chi connectivity index (χ1v) is 26.1. The number of fused-ring (bicyclic) bond motifs is 3. The van der Waals surface area contributed by atoms with E-state index >= 15 is 0 Å². The van der Waals surface area contributed by atoms with Crippen LogP contribution in [-0.4, -0.2) is 4.57 Å². The highest BCUT2D eigenvalue weighted by molar-refractivity contribution is 7.97. The molecule has 11 aromatic carbocycles.